The fraction of sp³-hybridized carbons (Fsp3) is 0.455. The Balaban J connectivity index is 0.924. The summed E-state index contributed by atoms with van der Waals surface area (Å²) >= 11 is 7.13. The number of amides is 3. The van der Waals surface area contributed by atoms with Gasteiger partial charge in [0.15, 0.2) is 5.71 Å². The average molecular weight is 1080 g/mol. The highest BCUT2D eigenvalue weighted by Crippen LogP contribution is 2.48. The van der Waals surface area contributed by atoms with E-state index in [0.29, 0.717) is 50.8 Å². The molecule has 1 aliphatic carbocycles. The zero-order valence-corrected chi connectivity index (χ0v) is 45.4. The van der Waals surface area contributed by atoms with Crippen molar-refractivity contribution in [1.82, 2.24) is 16.0 Å². The van der Waals surface area contributed by atoms with Crippen molar-refractivity contribution in [2.24, 2.45) is 0 Å². The molecule has 0 spiro atoms. The molecule has 74 heavy (non-hydrogen) atoms. The number of halogens is 2. The van der Waals surface area contributed by atoms with Crippen molar-refractivity contribution in [3.8, 4) is 5.75 Å². The van der Waals surface area contributed by atoms with Gasteiger partial charge in [-0.25, -0.2) is 8.96 Å². The number of benzene rings is 3. The predicted octanol–water partition coefficient (Wildman–Crippen LogP) is 9.75. The average Bonchev–Trinajstić information content (AvgIpc) is 3.87. The van der Waals surface area contributed by atoms with Crippen LogP contribution in [0, 0.1) is 6.92 Å². The van der Waals surface area contributed by atoms with E-state index < -0.39 is 35.8 Å². The maximum absolute atomic E-state index is 15.0. The molecule has 3 aromatic rings. The minimum atomic E-state index is -4.96. The van der Waals surface area contributed by atoms with E-state index in [9.17, 15) is 36.3 Å². The lowest BCUT2D eigenvalue weighted by atomic mass is 9.81. The zero-order chi connectivity index (χ0) is 53.8. The van der Waals surface area contributed by atoms with Gasteiger partial charge in [-0.3, -0.25) is 28.7 Å². The lowest BCUT2D eigenvalue weighted by Crippen LogP contribution is -2.34. The van der Waals surface area contributed by atoms with Gasteiger partial charge in [0.05, 0.1) is 11.2 Å². The number of carbonyl (C=O) groups is 3. The Morgan fingerprint density at radius 2 is 1.47 bits per heavy atom. The van der Waals surface area contributed by atoms with Crippen molar-refractivity contribution in [2.45, 2.75) is 122 Å². The van der Waals surface area contributed by atoms with Gasteiger partial charge < -0.3 is 25.4 Å². The van der Waals surface area contributed by atoms with Gasteiger partial charge in [-0.2, -0.15) is 13.0 Å². The number of hydrogen-bond donors (Lipinski definition) is 6. The van der Waals surface area contributed by atoms with Crippen LogP contribution in [0.3, 0.4) is 0 Å². The summed E-state index contributed by atoms with van der Waals surface area (Å²) < 4.78 is 65.5. The molecule has 6 rings (SSSR count). The number of carbonyl (C=O) groups excluding carboxylic acids is 3. The first-order chi connectivity index (χ1) is 35.0. The Bertz CT molecular complexity index is 2890. The minimum Gasteiger partial charge on any atom is -0.404 e. The van der Waals surface area contributed by atoms with Crippen LogP contribution in [0.2, 0.25) is 0 Å². The minimum absolute atomic E-state index is 0.0797. The third-order valence-corrected chi connectivity index (χ3v) is 15.5. The summed E-state index contributed by atoms with van der Waals surface area (Å²) in [5.41, 5.74) is 8.61. The van der Waals surface area contributed by atoms with Crippen LogP contribution in [0.1, 0.15) is 127 Å². The highest BCUT2D eigenvalue weighted by atomic mass is 35.5. The smallest absolute Gasteiger partial charge is 0.404 e. The van der Waals surface area contributed by atoms with E-state index >= 15 is 0 Å². The molecular formula is C55H71ClFN5O10PS+. The largest absolute Gasteiger partial charge is 0.524 e. The maximum Gasteiger partial charge on any atom is 0.524 e. The monoisotopic (exact) mass is 1080 g/mol. The number of fused-ring (bicyclic) bond motifs is 2. The molecule has 2 heterocycles. The molecule has 2 aliphatic heterocycles. The summed E-state index contributed by atoms with van der Waals surface area (Å²) in [6, 6.07) is 20.6. The summed E-state index contributed by atoms with van der Waals surface area (Å²) in [4.78, 5) is 58.2. The number of hydrogen-bond acceptors (Lipinski definition) is 8. The molecule has 1 atom stereocenters. The molecule has 19 heteroatoms. The SMILES string of the molecule is Cc1ccc(OP(=O)(O)O)c(C(F)C(=O)NCCCCCC(=O)NCCNC(=O)CCCCCN2C(=CC=C3CCC(C=CC4=[N+](CCCS(=O)(=O)O)c5ccccc5C4(C)C)=C3Cl)C(C)(C)c3ccccc32)c1. The van der Waals surface area contributed by atoms with Gasteiger partial charge in [0.25, 0.3) is 16.0 Å². The second-order valence-electron chi connectivity index (χ2n) is 20.1. The molecule has 0 bridgehead atoms. The molecule has 0 aromatic heterocycles. The molecule has 0 fully saturated rings. The lowest BCUT2D eigenvalue weighted by Gasteiger charge is -2.27. The molecule has 0 radical (unpaired) electrons. The number of anilines is 1. The van der Waals surface area contributed by atoms with Crippen LogP contribution < -0.4 is 25.4 Å². The number of rotatable bonds is 26. The van der Waals surface area contributed by atoms with Gasteiger partial charge >= 0.3 is 7.82 Å². The summed E-state index contributed by atoms with van der Waals surface area (Å²) in [6.07, 6.45) is 12.9. The first kappa shape index (κ1) is 57.9. The molecule has 15 nitrogen and oxygen atoms in total. The van der Waals surface area contributed by atoms with Crippen LogP contribution in [0.25, 0.3) is 0 Å². The standard InChI is InChI=1S/C55H70ClFN5O10PS/c1-38-23-28-46(72-73(66,67)68)41(37-38)52(57)53(65)60-31-14-6-8-21-49(63)58-32-33-59-50(64)22-9-7-15-34-61-44-19-12-10-17-42(44)54(2,3)47(61)29-26-39-24-25-40(51(39)56)27-30-48-55(4,5)43-18-11-13-20-45(43)62(48)35-16-36-74(69,70)71/h10-13,17-20,23,26-30,37,52H,6-9,14-16,21-22,24-25,31-36H2,1-5H3,(H5-,58,59,60,63,64,65,66,67,68,69,70,71)/p+1. The van der Waals surface area contributed by atoms with Gasteiger partial charge in [0.2, 0.25) is 23.7 Å². The number of unbranched alkanes of at least 4 members (excludes halogenated alkanes) is 4. The van der Waals surface area contributed by atoms with E-state index in [4.69, 9.17) is 21.4 Å². The molecule has 1 unspecified atom stereocenters. The third-order valence-electron chi connectivity index (χ3n) is 13.8. The number of para-hydroxylation sites is 2. The summed E-state index contributed by atoms with van der Waals surface area (Å²) in [6.45, 7) is 12.4. The summed E-state index contributed by atoms with van der Waals surface area (Å²) in [5, 5.41) is 8.89. The molecule has 0 saturated carbocycles. The van der Waals surface area contributed by atoms with Crippen molar-refractivity contribution in [3.63, 3.8) is 0 Å². The van der Waals surface area contributed by atoms with Crippen LogP contribution in [0.4, 0.5) is 15.8 Å². The number of nitrogens with zero attached hydrogens (tertiary/aromatic N) is 2. The second-order valence-corrected chi connectivity index (χ2v) is 23.2. The molecule has 0 saturated heterocycles. The highest BCUT2D eigenvalue weighted by molar-refractivity contribution is 7.85. The maximum atomic E-state index is 15.0. The van der Waals surface area contributed by atoms with Gasteiger partial charge in [-0.1, -0.05) is 98.5 Å². The van der Waals surface area contributed by atoms with E-state index in [2.05, 4.69) is 112 Å². The van der Waals surface area contributed by atoms with Crippen LogP contribution in [-0.4, -0.2) is 89.2 Å². The van der Waals surface area contributed by atoms with E-state index in [-0.39, 0.29) is 59.9 Å². The van der Waals surface area contributed by atoms with Crippen molar-refractivity contribution >= 4 is 64.3 Å². The molecule has 3 aromatic carbocycles. The Kier molecular flexibility index (Phi) is 19.9. The van der Waals surface area contributed by atoms with Crippen LogP contribution in [0.15, 0.2) is 113 Å². The predicted molar refractivity (Wildman–Crippen MR) is 288 cm³/mol. The van der Waals surface area contributed by atoms with E-state index in [1.165, 1.54) is 35.1 Å². The van der Waals surface area contributed by atoms with Crippen molar-refractivity contribution in [2.75, 3.05) is 43.4 Å². The topological polar surface area (TPSA) is 215 Å². The van der Waals surface area contributed by atoms with Gasteiger partial charge in [-0.05, 0) is 100 Å². The number of alkyl halides is 1. The fourth-order valence-corrected chi connectivity index (χ4v) is 11.2. The number of allylic oxidation sites excluding steroid dienone is 8. The fourth-order valence-electron chi connectivity index (χ4n) is 9.96. The van der Waals surface area contributed by atoms with E-state index in [1.807, 2.05) is 18.2 Å². The van der Waals surface area contributed by atoms with Crippen LogP contribution in [-0.2, 0) is 39.9 Å². The normalized spacial score (nSPS) is 17.6. The Morgan fingerprint density at radius 1 is 0.824 bits per heavy atom. The van der Waals surface area contributed by atoms with Crippen LogP contribution in [0.5, 0.6) is 5.75 Å². The van der Waals surface area contributed by atoms with Crippen molar-refractivity contribution < 1.29 is 55.2 Å². The van der Waals surface area contributed by atoms with Crippen LogP contribution >= 0.6 is 19.4 Å². The summed E-state index contributed by atoms with van der Waals surface area (Å²) in [7, 11) is -9.04. The lowest BCUT2D eigenvalue weighted by molar-refractivity contribution is -0.437. The van der Waals surface area contributed by atoms with E-state index in [1.54, 1.807) is 6.92 Å². The Labute approximate surface area is 440 Å². The summed E-state index contributed by atoms with van der Waals surface area (Å²) in [5.74, 6) is -1.94. The number of nitrogens with one attached hydrogen (secondary N) is 3. The van der Waals surface area contributed by atoms with Gasteiger partial charge in [0, 0.05) is 90.5 Å². The molecule has 6 N–H and O–H groups in total. The molecule has 400 valence electrons. The van der Waals surface area contributed by atoms with Gasteiger partial charge in [-0.15, -0.1) is 0 Å². The quantitative estimate of drug-likeness (QED) is 0.0193. The number of phosphoric ester groups is 1. The molecule has 3 amide bonds. The third kappa shape index (κ3) is 15.4. The second kappa shape index (κ2) is 25.4. The molecular weight excluding hydrogens is 1010 g/mol. The zero-order valence-electron chi connectivity index (χ0n) is 43.0. The Hall–Kier alpha value is -5.42. The first-order valence-electron chi connectivity index (χ1n) is 25.3. The number of aryl methyl sites for hydroxylation is 1. The first-order valence-corrected chi connectivity index (χ1v) is 28.9. The number of phosphoric acid groups is 1. The highest BCUT2D eigenvalue weighted by Gasteiger charge is 2.44. The van der Waals surface area contributed by atoms with Crippen molar-refractivity contribution in [1.29, 1.82) is 0 Å². The molecule has 3 aliphatic rings. The van der Waals surface area contributed by atoms with Crippen molar-refractivity contribution in [3.05, 3.63) is 135 Å². The van der Waals surface area contributed by atoms with Gasteiger partial charge in [0.1, 0.15) is 12.3 Å². The Morgan fingerprint density at radius 3 is 2.15 bits per heavy atom. The van der Waals surface area contributed by atoms with E-state index in [0.717, 1.165) is 65.4 Å².